The molecule has 2 fully saturated rings. The summed E-state index contributed by atoms with van der Waals surface area (Å²) in [5.74, 6) is 0.571. The van der Waals surface area contributed by atoms with Crippen LogP contribution in [0.15, 0.2) is 35.3 Å². The maximum absolute atomic E-state index is 12.9. The van der Waals surface area contributed by atoms with Gasteiger partial charge in [0.1, 0.15) is 10.7 Å². The van der Waals surface area contributed by atoms with Gasteiger partial charge in [0.15, 0.2) is 0 Å². The Balaban J connectivity index is 1.41. The van der Waals surface area contributed by atoms with Gasteiger partial charge in [-0.25, -0.2) is 4.98 Å². The van der Waals surface area contributed by atoms with Gasteiger partial charge in [0.05, 0.1) is 0 Å². The van der Waals surface area contributed by atoms with Crippen LogP contribution in [0.4, 0.5) is 17.3 Å². The molecule has 1 amide bonds. The summed E-state index contributed by atoms with van der Waals surface area (Å²) in [7, 11) is 4.05. The molecule has 5 rings (SSSR count). The Morgan fingerprint density at radius 3 is 2.57 bits per heavy atom. The number of benzene rings is 1. The number of fused-ring (bicyclic) bond motifs is 1. The van der Waals surface area contributed by atoms with Crippen molar-refractivity contribution in [2.24, 2.45) is 0 Å². The molecule has 35 heavy (non-hydrogen) atoms. The van der Waals surface area contributed by atoms with Crippen molar-refractivity contribution in [3.05, 3.63) is 51.4 Å². The molecule has 0 radical (unpaired) electrons. The van der Waals surface area contributed by atoms with Crippen molar-refractivity contribution >= 4 is 45.9 Å². The van der Waals surface area contributed by atoms with E-state index in [2.05, 4.69) is 15.2 Å². The Morgan fingerprint density at radius 1 is 1.11 bits per heavy atom. The average Bonchev–Trinajstić information content (AvgIpc) is 3.36. The number of piperidine rings is 1. The second-order valence-corrected chi connectivity index (χ2v) is 10.3. The van der Waals surface area contributed by atoms with Crippen LogP contribution in [0.3, 0.4) is 0 Å². The number of amides is 1. The zero-order valence-electron chi connectivity index (χ0n) is 20.4. The molecular formula is C26H31ClN6O2. The molecule has 9 heteroatoms. The van der Waals surface area contributed by atoms with Crippen LogP contribution in [0.25, 0.3) is 11.0 Å². The standard InChI is InChI=1S/C26H31ClN6O2/c1-16-12-20(32-11-10-19(31(2)3)14-23(32)34)8-9-22(16)29-26-28-15-17-13-21(27)25(35)33(24(17)30-26)18-6-4-5-7-18/h8-9,12-13,15,18-19H,4-7,10-11,14H2,1-3H3,(H,28,29,30)/t19-/m1/s1. The van der Waals surface area contributed by atoms with Crippen LogP contribution in [0.1, 0.15) is 50.1 Å². The number of hydrogen-bond donors (Lipinski definition) is 1. The van der Waals surface area contributed by atoms with E-state index in [9.17, 15) is 9.59 Å². The van der Waals surface area contributed by atoms with Crippen molar-refractivity contribution in [1.29, 1.82) is 0 Å². The van der Waals surface area contributed by atoms with Crippen LogP contribution in [0.5, 0.6) is 0 Å². The van der Waals surface area contributed by atoms with E-state index in [-0.39, 0.29) is 22.5 Å². The first-order valence-corrected chi connectivity index (χ1v) is 12.6. The first-order valence-electron chi connectivity index (χ1n) is 12.2. The minimum absolute atomic E-state index is 0.113. The number of rotatable bonds is 5. The number of nitrogens with zero attached hydrogens (tertiary/aromatic N) is 5. The number of anilines is 3. The van der Waals surface area contributed by atoms with Gasteiger partial charge in [0.2, 0.25) is 11.9 Å². The van der Waals surface area contributed by atoms with E-state index >= 15 is 0 Å². The Kier molecular flexibility index (Phi) is 6.51. The second-order valence-electron chi connectivity index (χ2n) is 9.86. The van der Waals surface area contributed by atoms with Crippen LogP contribution in [0, 0.1) is 6.92 Å². The molecule has 1 aromatic carbocycles. The highest BCUT2D eigenvalue weighted by Gasteiger charge is 2.28. The molecule has 3 aromatic rings. The molecule has 1 N–H and O–H groups in total. The van der Waals surface area contributed by atoms with Gasteiger partial charge < -0.3 is 15.1 Å². The molecular weight excluding hydrogens is 464 g/mol. The number of nitrogens with one attached hydrogen (secondary N) is 1. The Morgan fingerprint density at radius 2 is 1.89 bits per heavy atom. The van der Waals surface area contributed by atoms with E-state index in [1.54, 1.807) is 16.8 Å². The number of halogens is 1. The molecule has 8 nitrogen and oxygen atoms in total. The van der Waals surface area contributed by atoms with Gasteiger partial charge in [-0.1, -0.05) is 24.4 Å². The molecule has 3 heterocycles. The maximum Gasteiger partial charge on any atom is 0.271 e. The molecule has 1 aliphatic carbocycles. The van der Waals surface area contributed by atoms with Gasteiger partial charge in [-0.3, -0.25) is 14.2 Å². The topological polar surface area (TPSA) is 83.4 Å². The highest BCUT2D eigenvalue weighted by Crippen LogP contribution is 2.32. The molecule has 1 saturated carbocycles. The summed E-state index contributed by atoms with van der Waals surface area (Å²) < 4.78 is 1.75. The van der Waals surface area contributed by atoms with Gasteiger partial charge in [-0.2, -0.15) is 4.98 Å². The van der Waals surface area contributed by atoms with Gasteiger partial charge in [-0.05, 0) is 70.1 Å². The molecule has 1 saturated heterocycles. The number of aromatic nitrogens is 3. The normalized spacial score (nSPS) is 19.2. The number of carbonyl (C=O) groups is 1. The van der Waals surface area contributed by atoms with Crippen LogP contribution in [0.2, 0.25) is 5.02 Å². The number of carbonyl (C=O) groups excluding carboxylic acids is 1. The third kappa shape index (κ3) is 4.65. The van der Waals surface area contributed by atoms with Gasteiger partial charge in [0, 0.05) is 48.0 Å². The third-order valence-corrected chi connectivity index (χ3v) is 7.59. The van der Waals surface area contributed by atoms with E-state index in [0.29, 0.717) is 30.6 Å². The lowest BCUT2D eigenvalue weighted by Gasteiger charge is -2.35. The van der Waals surface area contributed by atoms with Crippen molar-refractivity contribution in [3.8, 4) is 0 Å². The summed E-state index contributed by atoms with van der Waals surface area (Å²) in [4.78, 5) is 38.8. The lowest BCUT2D eigenvalue weighted by atomic mass is 10.0. The van der Waals surface area contributed by atoms with E-state index in [1.807, 2.05) is 44.1 Å². The summed E-state index contributed by atoms with van der Waals surface area (Å²) in [6.45, 7) is 2.71. The second kappa shape index (κ2) is 9.59. The van der Waals surface area contributed by atoms with Crippen LogP contribution in [-0.4, -0.2) is 52.0 Å². The fraction of sp³-hybridized carbons (Fsp3) is 0.462. The third-order valence-electron chi connectivity index (χ3n) is 7.31. The van der Waals surface area contributed by atoms with E-state index in [0.717, 1.165) is 54.4 Å². The van der Waals surface area contributed by atoms with Crippen LogP contribution < -0.4 is 15.8 Å². The molecule has 2 aliphatic rings. The highest BCUT2D eigenvalue weighted by atomic mass is 35.5. The van der Waals surface area contributed by atoms with Crippen LogP contribution in [-0.2, 0) is 4.79 Å². The lowest BCUT2D eigenvalue weighted by Crippen LogP contribution is -2.45. The lowest BCUT2D eigenvalue weighted by molar-refractivity contribution is -0.120. The molecule has 1 aliphatic heterocycles. The summed E-state index contributed by atoms with van der Waals surface area (Å²) in [6.07, 6.45) is 7.29. The SMILES string of the molecule is Cc1cc(N2CC[C@@H](N(C)C)CC2=O)ccc1Nc1ncc2cc(Cl)c(=O)n(C3CCCC3)c2n1. The van der Waals surface area contributed by atoms with Gasteiger partial charge >= 0.3 is 0 Å². The molecule has 0 bridgehead atoms. The fourth-order valence-electron chi connectivity index (χ4n) is 5.25. The smallest absolute Gasteiger partial charge is 0.271 e. The van der Waals surface area contributed by atoms with Crippen molar-refractivity contribution in [2.75, 3.05) is 30.9 Å². The zero-order chi connectivity index (χ0) is 24.7. The Bertz CT molecular complexity index is 1330. The van der Waals surface area contributed by atoms with E-state index < -0.39 is 0 Å². The number of pyridine rings is 1. The monoisotopic (exact) mass is 494 g/mol. The first kappa shape index (κ1) is 23.8. The predicted molar refractivity (Wildman–Crippen MR) is 140 cm³/mol. The van der Waals surface area contributed by atoms with E-state index in [1.165, 1.54) is 0 Å². The minimum Gasteiger partial charge on any atom is -0.324 e. The fourth-order valence-corrected chi connectivity index (χ4v) is 5.46. The zero-order valence-corrected chi connectivity index (χ0v) is 21.2. The van der Waals surface area contributed by atoms with Gasteiger partial charge in [-0.15, -0.1) is 0 Å². The van der Waals surface area contributed by atoms with Crippen LogP contribution >= 0.6 is 11.6 Å². The molecule has 1 atom stereocenters. The van der Waals surface area contributed by atoms with Crippen molar-refractivity contribution in [2.45, 2.75) is 57.5 Å². The molecule has 0 unspecified atom stereocenters. The van der Waals surface area contributed by atoms with Crippen molar-refractivity contribution < 1.29 is 4.79 Å². The summed E-state index contributed by atoms with van der Waals surface area (Å²) in [5.41, 5.74) is 3.15. The summed E-state index contributed by atoms with van der Waals surface area (Å²) in [5, 5.41) is 4.25. The number of aryl methyl sites for hydroxylation is 1. The maximum atomic E-state index is 12.9. The minimum atomic E-state index is -0.195. The average molecular weight is 495 g/mol. The quantitative estimate of drug-likeness (QED) is 0.555. The van der Waals surface area contributed by atoms with Crippen molar-refractivity contribution in [3.63, 3.8) is 0 Å². The molecule has 2 aromatic heterocycles. The first-order chi connectivity index (χ1) is 16.8. The van der Waals surface area contributed by atoms with E-state index in [4.69, 9.17) is 16.6 Å². The summed E-state index contributed by atoms with van der Waals surface area (Å²) >= 11 is 6.24. The Labute approximate surface area is 209 Å². The largest absolute Gasteiger partial charge is 0.324 e. The number of hydrogen-bond acceptors (Lipinski definition) is 6. The predicted octanol–water partition coefficient (Wildman–Crippen LogP) is 4.67. The molecule has 184 valence electrons. The highest BCUT2D eigenvalue weighted by molar-refractivity contribution is 6.31. The Hall–Kier alpha value is -2.97. The van der Waals surface area contributed by atoms with Gasteiger partial charge in [0.25, 0.3) is 5.56 Å². The molecule has 0 spiro atoms. The van der Waals surface area contributed by atoms with Crippen molar-refractivity contribution in [1.82, 2.24) is 19.4 Å². The summed E-state index contributed by atoms with van der Waals surface area (Å²) in [6, 6.07) is 7.98.